The number of nitrogens with two attached hydrogens (primary N) is 1. The molecule has 2 rings (SSSR count). The number of carbonyl (C=O) groups excluding carboxylic acids is 1. The second kappa shape index (κ2) is 4.87. The van der Waals surface area contributed by atoms with Gasteiger partial charge >= 0.3 is 5.97 Å². The predicted molar refractivity (Wildman–Crippen MR) is 66.9 cm³/mol. The summed E-state index contributed by atoms with van der Waals surface area (Å²) in [6.07, 6.45) is 0. The number of nitrogens with zero attached hydrogens (tertiary/aromatic N) is 2. The fourth-order valence-corrected chi connectivity index (χ4v) is 1.55. The zero-order chi connectivity index (χ0) is 13.1. The number of nitrogen functional groups attached to an aromatic ring is 1. The molecule has 0 amide bonds. The summed E-state index contributed by atoms with van der Waals surface area (Å²) in [7, 11) is 0. The van der Waals surface area contributed by atoms with Crippen molar-refractivity contribution in [3.8, 4) is 11.4 Å². The number of carbonyl (C=O) groups is 1. The summed E-state index contributed by atoms with van der Waals surface area (Å²) in [4.78, 5) is 15.6. The predicted octanol–water partition coefficient (Wildman–Crippen LogP) is 1.54. The van der Waals surface area contributed by atoms with Gasteiger partial charge in [0.1, 0.15) is 0 Å². The van der Waals surface area contributed by atoms with Crippen LogP contribution in [0.4, 0.5) is 5.69 Å². The second-order valence-electron chi connectivity index (χ2n) is 3.80. The number of hydrogen-bond acceptors (Lipinski definition) is 5. The number of aryl methyl sites for hydroxylation is 1. The van der Waals surface area contributed by atoms with Crippen molar-refractivity contribution in [2.24, 2.45) is 0 Å². The average molecular weight is 246 g/mol. The first-order valence-corrected chi connectivity index (χ1v) is 5.58. The third kappa shape index (κ3) is 2.32. The Hall–Kier alpha value is -2.37. The molecule has 0 atom stereocenters. The summed E-state index contributed by atoms with van der Waals surface area (Å²) in [6, 6.07) is 5.45. The minimum absolute atomic E-state index is 0.0914. The van der Waals surface area contributed by atoms with E-state index in [0.29, 0.717) is 18.1 Å². The van der Waals surface area contributed by atoms with E-state index in [1.807, 2.05) is 13.0 Å². The Morgan fingerprint density at radius 1 is 1.50 bits per heavy atom. The van der Waals surface area contributed by atoms with Crippen LogP contribution in [0.3, 0.4) is 0 Å². The van der Waals surface area contributed by atoms with Gasteiger partial charge in [-0.15, -0.1) is 0 Å². The summed E-state index contributed by atoms with van der Waals surface area (Å²) >= 11 is 0. The second-order valence-corrected chi connectivity index (χ2v) is 3.80. The Kier molecular flexibility index (Phi) is 3.27. The highest BCUT2D eigenvalue weighted by Crippen LogP contribution is 2.22. The molecule has 0 unspecified atom stereocenters. The van der Waals surface area contributed by atoms with Crippen molar-refractivity contribution in [3.63, 3.8) is 0 Å². The van der Waals surface area contributed by atoms with E-state index in [1.54, 1.807) is 19.1 Å². The van der Waals surface area contributed by atoms with Crippen molar-refractivity contribution in [1.82, 2.24) is 15.2 Å². The van der Waals surface area contributed by atoms with E-state index in [9.17, 15) is 4.79 Å². The molecule has 2 aromatic rings. The normalized spacial score (nSPS) is 10.3. The van der Waals surface area contributed by atoms with E-state index < -0.39 is 5.97 Å². The molecule has 0 saturated carbocycles. The van der Waals surface area contributed by atoms with Gasteiger partial charge in [0.05, 0.1) is 6.61 Å². The van der Waals surface area contributed by atoms with Crippen molar-refractivity contribution in [2.45, 2.75) is 13.8 Å². The monoisotopic (exact) mass is 246 g/mol. The maximum Gasteiger partial charge on any atom is 0.375 e. The number of ether oxygens (including phenoxy) is 1. The summed E-state index contributed by atoms with van der Waals surface area (Å²) in [6.45, 7) is 3.96. The van der Waals surface area contributed by atoms with Gasteiger partial charge in [-0.3, -0.25) is 5.10 Å². The molecule has 0 aliphatic heterocycles. The van der Waals surface area contributed by atoms with Crippen LogP contribution in [0.1, 0.15) is 23.1 Å². The van der Waals surface area contributed by atoms with Crippen molar-refractivity contribution in [3.05, 3.63) is 29.6 Å². The van der Waals surface area contributed by atoms with Crippen molar-refractivity contribution >= 4 is 11.7 Å². The Morgan fingerprint density at radius 2 is 2.28 bits per heavy atom. The Balaban J connectivity index is 2.35. The SMILES string of the molecule is CCOC(=O)c1nc(-c2cc(N)ccc2C)n[nH]1. The number of rotatable bonds is 3. The molecule has 0 aliphatic carbocycles. The van der Waals surface area contributed by atoms with Crippen LogP contribution in [-0.2, 0) is 4.74 Å². The molecule has 6 nitrogen and oxygen atoms in total. The van der Waals surface area contributed by atoms with Crippen LogP contribution in [0.2, 0.25) is 0 Å². The molecular formula is C12H14N4O2. The summed E-state index contributed by atoms with van der Waals surface area (Å²) in [5.74, 6) is 0.00864. The average Bonchev–Trinajstić information content (AvgIpc) is 2.82. The van der Waals surface area contributed by atoms with E-state index >= 15 is 0 Å². The molecule has 94 valence electrons. The molecule has 0 aliphatic rings. The molecule has 18 heavy (non-hydrogen) atoms. The summed E-state index contributed by atoms with van der Waals surface area (Å²) in [5, 5.41) is 6.56. The third-order valence-electron chi connectivity index (χ3n) is 2.46. The Bertz CT molecular complexity index is 577. The minimum atomic E-state index is -0.516. The van der Waals surface area contributed by atoms with Gasteiger partial charge in [-0.2, -0.15) is 5.10 Å². The lowest BCUT2D eigenvalue weighted by Gasteiger charge is -2.02. The molecule has 1 aromatic carbocycles. The van der Waals surface area contributed by atoms with Gasteiger partial charge in [0.2, 0.25) is 5.82 Å². The van der Waals surface area contributed by atoms with E-state index in [4.69, 9.17) is 10.5 Å². The first kappa shape index (κ1) is 12.1. The molecule has 6 heteroatoms. The molecule has 1 aromatic heterocycles. The quantitative estimate of drug-likeness (QED) is 0.632. The van der Waals surface area contributed by atoms with Gasteiger partial charge in [0, 0.05) is 11.3 Å². The molecule has 0 spiro atoms. The Morgan fingerprint density at radius 3 is 3.00 bits per heavy atom. The number of benzene rings is 1. The van der Waals surface area contributed by atoms with Crippen molar-refractivity contribution < 1.29 is 9.53 Å². The highest BCUT2D eigenvalue weighted by molar-refractivity contribution is 5.85. The smallest absolute Gasteiger partial charge is 0.375 e. The van der Waals surface area contributed by atoms with Gasteiger partial charge in [-0.1, -0.05) is 6.07 Å². The zero-order valence-electron chi connectivity index (χ0n) is 10.2. The molecular weight excluding hydrogens is 232 g/mol. The fourth-order valence-electron chi connectivity index (χ4n) is 1.55. The van der Waals surface area contributed by atoms with E-state index in [0.717, 1.165) is 11.1 Å². The van der Waals surface area contributed by atoms with Crippen LogP contribution in [0, 0.1) is 6.92 Å². The van der Waals surface area contributed by atoms with E-state index in [1.165, 1.54) is 0 Å². The lowest BCUT2D eigenvalue weighted by molar-refractivity contribution is 0.0512. The van der Waals surface area contributed by atoms with Crippen LogP contribution >= 0.6 is 0 Å². The summed E-state index contributed by atoms with van der Waals surface area (Å²) in [5.41, 5.74) is 8.12. The Labute approximate surface area is 104 Å². The number of nitrogens with one attached hydrogen (secondary N) is 1. The summed E-state index contributed by atoms with van der Waals surface area (Å²) < 4.78 is 4.83. The molecule has 0 bridgehead atoms. The lowest BCUT2D eigenvalue weighted by Crippen LogP contribution is -2.06. The maximum absolute atomic E-state index is 11.5. The number of aromatic amines is 1. The number of H-pyrrole nitrogens is 1. The lowest BCUT2D eigenvalue weighted by atomic mass is 10.1. The zero-order valence-corrected chi connectivity index (χ0v) is 10.2. The van der Waals surface area contributed by atoms with Gasteiger partial charge in [0.25, 0.3) is 0 Å². The number of esters is 1. The number of aromatic nitrogens is 3. The molecule has 0 saturated heterocycles. The van der Waals surface area contributed by atoms with Gasteiger partial charge in [-0.25, -0.2) is 9.78 Å². The van der Waals surface area contributed by atoms with Crippen molar-refractivity contribution in [1.29, 1.82) is 0 Å². The van der Waals surface area contributed by atoms with E-state index in [2.05, 4.69) is 15.2 Å². The third-order valence-corrected chi connectivity index (χ3v) is 2.46. The van der Waals surface area contributed by atoms with Crippen LogP contribution in [-0.4, -0.2) is 27.8 Å². The van der Waals surface area contributed by atoms with Gasteiger partial charge in [-0.05, 0) is 31.5 Å². The van der Waals surface area contributed by atoms with Crippen molar-refractivity contribution in [2.75, 3.05) is 12.3 Å². The van der Waals surface area contributed by atoms with Gasteiger partial charge in [0.15, 0.2) is 5.82 Å². The highest BCUT2D eigenvalue weighted by atomic mass is 16.5. The minimum Gasteiger partial charge on any atom is -0.460 e. The number of hydrogen-bond donors (Lipinski definition) is 2. The van der Waals surface area contributed by atoms with Crippen LogP contribution in [0.5, 0.6) is 0 Å². The first-order chi connectivity index (χ1) is 8.61. The largest absolute Gasteiger partial charge is 0.460 e. The molecule has 0 radical (unpaired) electrons. The topological polar surface area (TPSA) is 93.9 Å². The standard InChI is InChI=1S/C12H14N4O2/c1-3-18-12(17)11-14-10(15-16-11)9-6-8(13)5-4-7(9)2/h4-6H,3,13H2,1-2H3,(H,14,15,16). The maximum atomic E-state index is 11.5. The molecule has 1 heterocycles. The fraction of sp³-hybridized carbons (Fsp3) is 0.250. The highest BCUT2D eigenvalue weighted by Gasteiger charge is 2.14. The van der Waals surface area contributed by atoms with Crippen LogP contribution in [0.25, 0.3) is 11.4 Å². The number of anilines is 1. The molecule has 0 fully saturated rings. The van der Waals surface area contributed by atoms with Gasteiger partial charge < -0.3 is 10.5 Å². The molecule has 3 N–H and O–H groups in total. The van der Waals surface area contributed by atoms with Crippen LogP contribution < -0.4 is 5.73 Å². The first-order valence-electron chi connectivity index (χ1n) is 5.58. The van der Waals surface area contributed by atoms with Crippen LogP contribution in [0.15, 0.2) is 18.2 Å². The van der Waals surface area contributed by atoms with E-state index in [-0.39, 0.29) is 5.82 Å².